The van der Waals surface area contributed by atoms with E-state index in [1.807, 2.05) is 14.0 Å². The zero-order valence-corrected chi connectivity index (χ0v) is 18.1. The number of ether oxygens (including phenoxy) is 1. The number of nitrogens with one attached hydrogen (secondary N) is 1. The number of aliphatic imine (C=N–C) groups is 1. The van der Waals surface area contributed by atoms with E-state index in [4.69, 9.17) is 4.74 Å². The lowest BCUT2D eigenvalue weighted by molar-refractivity contribution is 0.181. The van der Waals surface area contributed by atoms with E-state index < -0.39 is 14.6 Å². The highest BCUT2D eigenvalue weighted by Crippen LogP contribution is 2.16. The first kappa shape index (κ1) is 22.9. The molecule has 1 fully saturated rings. The van der Waals surface area contributed by atoms with Gasteiger partial charge in [-0.15, -0.1) is 24.0 Å². The van der Waals surface area contributed by atoms with Crippen molar-refractivity contribution >= 4 is 39.8 Å². The van der Waals surface area contributed by atoms with Crippen LogP contribution in [-0.4, -0.2) is 69.7 Å². The zero-order valence-electron chi connectivity index (χ0n) is 15.0. The monoisotopic (exact) mass is 461 g/mol. The minimum absolute atomic E-state index is 0. The molecule has 1 aliphatic heterocycles. The van der Waals surface area contributed by atoms with Crippen LogP contribution in [0.5, 0.6) is 0 Å². The summed E-state index contributed by atoms with van der Waals surface area (Å²) < 4.78 is 28.9. The van der Waals surface area contributed by atoms with E-state index in [0.717, 1.165) is 38.7 Å². The molecule has 1 N–H and O–H groups in total. The number of sulfone groups is 1. The fourth-order valence-electron chi connectivity index (χ4n) is 2.25. The molecule has 0 aliphatic carbocycles. The summed E-state index contributed by atoms with van der Waals surface area (Å²) in [6.07, 6.45) is 1.07. The molecular weight excluding hydrogens is 429 g/mol. The van der Waals surface area contributed by atoms with Crippen molar-refractivity contribution in [2.45, 2.75) is 38.9 Å². The Morgan fingerprint density at radius 2 is 2.04 bits per heavy atom. The molecule has 1 atom stereocenters. The molecule has 1 saturated heterocycles. The van der Waals surface area contributed by atoms with Crippen molar-refractivity contribution in [1.82, 2.24) is 10.2 Å². The number of halogens is 1. The Morgan fingerprint density at radius 1 is 1.39 bits per heavy atom. The van der Waals surface area contributed by atoms with Gasteiger partial charge in [-0.1, -0.05) is 0 Å². The van der Waals surface area contributed by atoms with Crippen LogP contribution >= 0.6 is 24.0 Å². The average Bonchev–Trinajstić information content (AvgIpc) is 2.89. The van der Waals surface area contributed by atoms with Gasteiger partial charge in [0, 0.05) is 32.7 Å². The van der Waals surface area contributed by atoms with Crippen LogP contribution in [0.15, 0.2) is 4.99 Å². The Morgan fingerprint density at radius 3 is 2.52 bits per heavy atom. The van der Waals surface area contributed by atoms with Crippen molar-refractivity contribution in [2.24, 2.45) is 10.9 Å². The van der Waals surface area contributed by atoms with Gasteiger partial charge in [0.15, 0.2) is 15.8 Å². The zero-order chi connectivity index (χ0) is 16.8. The van der Waals surface area contributed by atoms with E-state index in [0.29, 0.717) is 5.92 Å². The summed E-state index contributed by atoms with van der Waals surface area (Å²) in [5.41, 5.74) is 0. The van der Waals surface area contributed by atoms with Crippen molar-refractivity contribution in [3.63, 3.8) is 0 Å². The van der Waals surface area contributed by atoms with E-state index in [1.54, 1.807) is 20.8 Å². The van der Waals surface area contributed by atoms with E-state index in [-0.39, 0.29) is 36.3 Å². The Balaban J connectivity index is 0.00000484. The van der Waals surface area contributed by atoms with Crippen molar-refractivity contribution in [3.8, 4) is 0 Å². The minimum atomic E-state index is -3.13. The summed E-state index contributed by atoms with van der Waals surface area (Å²) in [6.45, 7) is 10.7. The Bertz CT molecular complexity index is 469. The maximum absolute atomic E-state index is 12.1. The smallest absolute Gasteiger partial charge is 0.193 e. The quantitative estimate of drug-likeness (QED) is 0.371. The lowest BCUT2D eigenvalue weighted by atomic mass is 10.1. The molecule has 6 nitrogen and oxygen atoms in total. The third-order valence-electron chi connectivity index (χ3n) is 3.81. The predicted molar refractivity (Wildman–Crippen MR) is 106 cm³/mol. The molecule has 0 saturated carbocycles. The number of rotatable bonds is 6. The maximum atomic E-state index is 12.1. The molecule has 1 rings (SSSR count). The van der Waals surface area contributed by atoms with E-state index in [9.17, 15) is 8.42 Å². The molecular formula is C15H32IN3O3S. The lowest BCUT2D eigenvalue weighted by Gasteiger charge is -2.25. The summed E-state index contributed by atoms with van der Waals surface area (Å²) in [4.78, 5) is 6.53. The van der Waals surface area contributed by atoms with Gasteiger partial charge in [0.05, 0.1) is 23.7 Å². The summed E-state index contributed by atoms with van der Waals surface area (Å²) >= 11 is 0. The molecule has 1 unspecified atom stereocenters. The summed E-state index contributed by atoms with van der Waals surface area (Å²) in [5.74, 6) is 1.36. The Kier molecular flexibility index (Phi) is 9.99. The Hall–Kier alpha value is -0.0900. The second-order valence-electron chi connectivity index (χ2n) is 6.78. The standard InChI is InChI=1S/C15H31N3O3S.HI/c1-6-16-14(18(5)11-13-7-9-21-12-13)17-8-10-22(19,20)15(2,3)4;/h13H,6-12H2,1-5H3,(H,16,17);1H. The second kappa shape index (κ2) is 10.0. The highest BCUT2D eigenvalue weighted by atomic mass is 127. The predicted octanol–water partition coefficient (Wildman–Crippen LogP) is 1.75. The Labute approximate surface area is 158 Å². The number of hydrogen-bond acceptors (Lipinski definition) is 4. The van der Waals surface area contributed by atoms with Gasteiger partial charge in [-0.3, -0.25) is 4.99 Å². The van der Waals surface area contributed by atoms with Gasteiger partial charge < -0.3 is 15.0 Å². The lowest BCUT2D eigenvalue weighted by Crippen LogP contribution is -2.42. The fourth-order valence-corrected chi connectivity index (χ4v) is 3.19. The van der Waals surface area contributed by atoms with Crippen LogP contribution in [0.2, 0.25) is 0 Å². The highest BCUT2D eigenvalue weighted by Gasteiger charge is 2.28. The third-order valence-corrected chi connectivity index (χ3v) is 6.39. The average molecular weight is 461 g/mol. The van der Waals surface area contributed by atoms with Gasteiger partial charge in [-0.05, 0) is 34.1 Å². The summed E-state index contributed by atoms with van der Waals surface area (Å²) in [5, 5.41) is 3.22. The van der Waals surface area contributed by atoms with Crippen LogP contribution < -0.4 is 5.32 Å². The molecule has 0 bridgehead atoms. The van der Waals surface area contributed by atoms with E-state index in [2.05, 4.69) is 15.2 Å². The molecule has 0 amide bonds. The number of guanidine groups is 1. The molecule has 23 heavy (non-hydrogen) atoms. The van der Waals surface area contributed by atoms with E-state index in [1.165, 1.54) is 0 Å². The number of hydrogen-bond donors (Lipinski definition) is 1. The molecule has 1 aliphatic rings. The molecule has 0 spiro atoms. The van der Waals surface area contributed by atoms with Crippen LogP contribution in [0.1, 0.15) is 34.1 Å². The fraction of sp³-hybridized carbons (Fsp3) is 0.933. The van der Waals surface area contributed by atoms with E-state index >= 15 is 0 Å². The van der Waals surface area contributed by atoms with Gasteiger partial charge in [0.25, 0.3) is 0 Å². The molecule has 0 radical (unpaired) electrons. The molecule has 0 aromatic carbocycles. The van der Waals surface area contributed by atoms with Crippen LogP contribution in [0.25, 0.3) is 0 Å². The van der Waals surface area contributed by atoms with Gasteiger partial charge >= 0.3 is 0 Å². The van der Waals surface area contributed by atoms with Crippen molar-refractivity contribution in [2.75, 3.05) is 45.6 Å². The van der Waals surface area contributed by atoms with Crippen LogP contribution in [0.4, 0.5) is 0 Å². The molecule has 0 aromatic rings. The molecule has 138 valence electrons. The summed E-state index contributed by atoms with van der Waals surface area (Å²) in [6, 6.07) is 0. The van der Waals surface area contributed by atoms with Crippen LogP contribution in [-0.2, 0) is 14.6 Å². The van der Waals surface area contributed by atoms with Gasteiger partial charge in [-0.25, -0.2) is 8.42 Å². The van der Waals surface area contributed by atoms with Crippen molar-refractivity contribution in [3.05, 3.63) is 0 Å². The number of nitrogens with zero attached hydrogens (tertiary/aromatic N) is 2. The highest BCUT2D eigenvalue weighted by molar-refractivity contribution is 14.0. The SMILES string of the molecule is CCNC(=NCCS(=O)(=O)C(C)(C)C)N(C)CC1CCOC1.I. The third kappa shape index (κ3) is 7.55. The van der Waals surface area contributed by atoms with Gasteiger partial charge in [0.2, 0.25) is 0 Å². The first-order valence-electron chi connectivity index (χ1n) is 7.97. The minimum Gasteiger partial charge on any atom is -0.381 e. The summed E-state index contributed by atoms with van der Waals surface area (Å²) in [7, 11) is -1.15. The molecule has 1 heterocycles. The van der Waals surface area contributed by atoms with Crippen LogP contribution in [0, 0.1) is 5.92 Å². The maximum Gasteiger partial charge on any atom is 0.193 e. The first-order valence-corrected chi connectivity index (χ1v) is 9.62. The van der Waals surface area contributed by atoms with Crippen LogP contribution in [0.3, 0.4) is 0 Å². The second-order valence-corrected chi connectivity index (χ2v) is 9.64. The van der Waals surface area contributed by atoms with Gasteiger partial charge in [-0.2, -0.15) is 0 Å². The largest absolute Gasteiger partial charge is 0.381 e. The van der Waals surface area contributed by atoms with Crippen molar-refractivity contribution < 1.29 is 13.2 Å². The molecule has 8 heteroatoms. The normalized spacial score (nSPS) is 19.3. The first-order chi connectivity index (χ1) is 10.2. The molecule has 0 aromatic heterocycles. The topological polar surface area (TPSA) is 71.0 Å². The van der Waals surface area contributed by atoms with Crippen molar-refractivity contribution in [1.29, 1.82) is 0 Å². The van der Waals surface area contributed by atoms with Gasteiger partial charge in [0.1, 0.15) is 0 Å².